The van der Waals surface area contributed by atoms with E-state index in [2.05, 4.69) is 6.07 Å². The second kappa shape index (κ2) is 4.84. The summed E-state index contributed by atoms with van der Waals surface area (Å²) in [5, 5.41) is 9.08. The summed E-state index contributed by atoms with van der Waals surface area (Å²) in [6.07, 6.45) is 1.46. The highest BCUT2D eigenvalue weighted by Crippen LogP contribution is 2.27. The van der Waals surface area contributed by atoms with Gasteiger partial charge in [0.1, 0.15) is 5.41 Å². The SMILES string of the molecule is CCC(C)(C#N)C(=O)N(C)C1CCOC1C. The summed E-state index contributed by atoms with van der Waals surface area (Å²) in [5.41, 5.74) is -0.906. The van der Waals surface area contributed by atoms with E-state index in [9.17, 15) is 4.79 Å². The van der Waals surface area contributed by atoms with E-state index in [-0.39, 0.29) is 18.1 Å². The van der Waals surface area contributed by atoms with Gasteiger partial charge in [-0.3, -0.25) is 4.79 Å². The van der Waals surface area contributed by atoms with Crippen LogP contribution in [0.2, 0.25) is 0 Å². The van der Waals surface area contributed by atoms with E-state index in [0.29, 0.717) is 13.0 Å². The molecule has 0 aliphatic carbocycles. The Morgan fingerprint density at radius 3 is 2.69 bits per heavy atom. The highest BCUT2D eigenvalue weighted by Gasteiger charge is 2.39. The zero-order chi connectivity index (χ0) is 12.3. The molecule has 0 aromatic heterocycles. The van der Waals surface area contributed by atoms with Gasteiger partial charge < -0.3 is 9.64 Å². The van der Waals surface area contributed by atoms with Gasteiger partial charge in [0.05, 0.1) is 18.2 Å². The summed E-state index contributed by atoms with van der Waals surface area (Å²) >= 11 is 0. The van der Waals surface area contributed by atoms with Crippen LogP contribution in [0.15, 0.2) is 0 Å². The Labute approximate surface area is 97.2 Å². The van der Waals surface area contributed by atoms with E-state index < -0.39 is 5.41 Å². The molecule has 1 saturated heterocycles. The average Bonchev–Trinajstić information content (AvgIpc) is 2.72. The van der Waals surface area contributed by atoms with E-state index in [1.165, 1.54) is 0 Å². The minimum Gasteiger partial charge on any atom is -0.376 e. The van der Waals surface area contributed by atoms with E-state index in [1.54, 1.807) is 18.9 Å². The van der Waals surface area contributed by atoms with Gasteiger partial charge in [-0.25, -0.2) is 0 Å². The first-order chi connectivity index (χ1) is 7.46. The molecule has 1 aliphatic rings. The van der Waals surface area contributed by atoms with E-state index in [0.717, 1.165) is 6.42 Å². The Hall–Kier alpha value is -1.08. The van der Waals surface area contributed by atoms with Gasteiger partial charge in [0.25, 0.3) is 0 Å². The lowest BCUT2D eigenvalue weighted by Gasteiger charge is -2.32. The molecule has 0 radical (unpaired) electrons. The number of hydrogen-bond donors (Lipinski definition) is 0. The molecule has 0 aromatic rings. The summed E-state index contributed by atoms with van der Waals surface area (Å²) in [4.78, 5) is 13.9. The first-order valence-corrected chi connectivity index (χ1v) is 5.76. The predicted molar refractivity (Wildman–Crippen MR) is 60.6 cm³/mol. The lowest BCUT2D eigenvalue weighted by atomic mass is 9.87. The van der Waals surface area contributed by atoms with Crippen molar-refractivity contribution in [1.82, 2.24) is 4.90 Å². The number of rotatable bonds is 3. The van der Waals surface area contributed by atoms with Crippen LogP contribution >= 0.6 is 0 Å². The number of likely N-dealkylation sites (N-methyl/N-ethyl adjacent to an activating group) is 1. The van der Waals surface area contributed by atoms with Crippen molar-refractivity contribution < 1.29 is 9.53 Å². The zero-order valence-electron chi connectivity index (χ0n) is 10.5. The largest absolute Gasteiger partial charge is 0.376 e. The summed E-state index contributed by atoms with van der Waals surface area (Å²) in [5.74, 6) is -0.0974. The Bertz CT molecular complexity index is 311. The van der Waals surface area contributed by atoms with Crippen molar-refractivity contribution >= 4 is 5.91 Å². The first kappa shape index (κ1) is 13.0. The third-order valence-corrected chi connectivity index (χ3v) is 3.58. The van der Waals surface area contributed by atoms with Gasteiger partial charge in [0, 0.05) is 13.7 Å². The molecule has 1 fully saturated rings. The van der Waals surface area contributed by atoms with E-state index in [1.807, 2.05) is 13.8 Å². The Morgan fingerprint density at radius 2 is 2.31 bits per heavy atom. The van der Waals surface area contributed by atoms with E-state index >= 15 is 0 Å². The molecule has 0 spiro atoms. The third kappa shape index (κ3) is 2.19. The van der Waals surface area contributed by atoms with Crippen LogP contribution in [0, 0.1) is 16.7 Å². The smallest absolute Gasteiger partial charge is 0.242 e. The van der Waals surface area contributed by atoms with Gasteiger partial charge in [-0.2, -0.15) is 5.26 Å². The van der Waals surface area contributed by atoms with Crippen molar-refractivity contribution in [3.8, 4) is 6.07 Å². The molecular formula is C12H20N2O2. The van der Waals surface area contributed by atoms with Crippen LogP contribution in [0.4, 0.5) is 0 Å². The highest BCUT2D eigenvalue weighted by molar-refractivity contribution is 5.85. The lowest BCUT2D eigenvalue weighted by Crippen LogP contribution is -2.47. The molecule has 3 unspecified atom stereocenters. The van der Waals surface area contributed by atoms with Crippen LogP contribution in [0.5, 0.6) is 0 Å². The molecule has 0 bridgehead atoms. The quantitative estimate of drug-likeness (QED) is 0.731. The minimum atomic E-state index is -0.906. The van der Waals surface area contributed by atoms with Gasteiger partial charge in [0.15, 0.2) is 0 Å². The Morgan fingerprint density at radius 1 is 1.69 bits per heavy atom. The van der Waals surface area contributed by atoms with Crippen molar-refractivity contribution in [2.75, 3.05) is 13.7 Å². The van der Waals surface area contributed by atoms with Crippen LogP contribution in [0.1, 0.15) is 33.6 Å². The number of hydrogen-bond acceptors (Lipinski definition) is 3. The minimum absolute atomic E-state index is 0.0637. The summed E-state index contributed by atoms with van der Waals surface area (Å²) < 4.78 is 5.44. The standard InChI is InChI=1S/C12H20N2O2/c1-5-12(3,8-13)11(15)14(4)10-6-7-16-9(10)2/h9-10H,5-7H2,1-4H3. The van der Waals surface area contributed by atoms with Crippen molar-refractivity contribution in [3.05, 3.63) is 0 Å². The Balaban J connectivity index is 2.78. The maximum absolute atomic E-state index is 12.2. The molecule has 0 saturated carbocycles. The fourth-order valence-corrected chi connectivity index (χ4v) is 2.05. The predicted octanol–water partition coefficient (Wildman–Crippen LogP) is 1.56. The number of amides is 1. The number of nitrogens with zero attached hydrogens (tertiary/aromatic N) is 2. The number of carbonyl (C=O) groups excluding carboxylic acids is 1. The second-order valence-corrected chi connectivity index (χ2v) is 4.65. The van der Waals surface area contributed by atoms with Gasteiger partial charge in [-0.1, -0.05) is 6.92 Å². The van der Waals surface area contributed by atoms with Crippen LogP contribution in [0.25, 0.3) is 0 Å². The van der Waals surface area contributed by atoms with Crippen molar-refractivity contribution in [3.63, 3.8) is 0 Å². The van der Waals surface area contributed by atoms with E-state index in [4.69, 9.17) is 10.00 Å². The fourth-order valence-electron chi connectivity index (χ4n) is 2.05. The van der Waals surface area contributed by atoms with Crippen LogP contribution in [-0.2, 0) is 9.53 Å². The highest BCUT2D eigenvalue weighted by atomic mass is 16.5. The molecule has 90 valence electrons. The van der Waals surface area contributed by atoms with Gasteiger partial charge in [-0.05, 0) is 26.7 Å². The zero-order valence-corrected chi connectivity index (χ0v) is 10.5. The molecular weight excluding hydrogens is 204 g/mol. The molecule has 0 aromatic carbocycles. The normalized spacial score (nSPS) is 28.2. The topological polar surface area (TPSA) is 53.3 Å². The summed E-state index contributed by atoms with van der Waals surface area (Å²) in [6, 6.07) is 2.22. The fraction of sp³-hybridized carbons (Fsp3) is 0.833. The maximum atomic E-state index is 12.2. The van der Waals surface area contributed by atoms with Gasteiger partial charge in [-0.15, -0.1) is 0 Å². The van der Waals surface area contributed by atoms with Crippen LogP contribution < -0.4 is 0 Å². The number of nitriles is 1. The molecule has 16 heavy (non-hydrogen) atoms. The molecule has 1 heterocycles. The molecule has 4 nitrogen and oxygen atoms in total. The van der Waals surface area contributed by atoms with Crippen molar-refractivity contribution in [2.24, 2.45) is 5.41 Å². The molecule has 1 rings (SSSR count). The van der Waals surface area contributed by atoms with Crippen molar-refractivity contribution in [1.29, 1.82) is 5.26 Å². The molecule has 1 amide bonds. The monoisotopic (exact) mass is 224 g/mol. The number of ether oxygens (including phenoxy) is 1. The molecule has 3 atom stereocenters. The Kier molecular flexibility index (Phi) is 3.93. The molecule has 1 aliphatic heterocycles. The van der Waals surface area contributed by atoms with Gasteiger partial charge >= 0.3 is 0 Å². The number of carbonyl (C=O) groups is 1. The third-order valence-electron chi connectivity index (χ3n) is 3.58. The maximum Gasteiger partial charge on any atom is 0.242 e. The lowest BCUT2D eigenvalue weighted by molar-refractivity contribution is -0.140. The van der Waals surface area contributed by atoms with Crippen molar-refractivity contribution in [2.45, 2.75) is 45.8 Å². The second-order valence-electron chi connectivity index (χ2n) is 4.65. The van der Waals surface area contributed by atoms with Crippen LogP contribution in [-0.4, -0.2) is 36.6 Å². The molecule has 0 N–H and O–H groups in total. The molecule has 4 heteroatoms. The first-order valence-electron chi connectivity index (χ1n) is 5.76. The summed E-state index contributed by atoms with van der Waals surface area (Å²) in [6.45, 7) is 6.23. The summed E-state index contributed by atoms with van der Waals surface area (Å²) in [7, 11) is 1.77. The van der Waals surface area contributed by atoms with Gasteiger partial charge in [0.2, 0.25) is 5.91 Å². The average molecular weight is 224 g/mol. The van der Waals surface area contributed by atoms with Crippen LogP contribution in [0.3, 0.4) is 0 Å².